The van der Waals surface area contributed by atoms with E-state index in [1.54, 1.807) is 23.0 Å². The molecule has 0 atom stereocenters. The van der Waals surface area contributed by atoms with Crippen molar-refractivity contribution in [1.82, 2.24) is 19.5 Å². The van der Waals surface area contributed by atoms with Crippen molar-refractivity contribution in [1.29, 1.82) is 0 Å². The van der Waals surface area contributed by atoms with E-state index < -0.39 is 0 Å². The molecule has 0 unspecified atom stereocenters. The fourth-order valence-electron chi connectivity index (χ4n) is 3.55. The summed E-state index contributed by atoms with van der Waals surface area (Å²) in [5, 5.41) is 0.540. The number of rotatable bonds is 2. The van der Waals surface area contributed by atoms with Crippen LogP contribution in [0.3, 0.4) is 0 Å². The quantitative estimate of drug-likeness (QED) is 0.567. The SMILES string of the molecule is O=c1c2ccncc2[nH]c2nc(C3CCC3)n(-c3ccccc3)c(=O)c12. The van der Waals surface area contributed by atoms with Gasteiger partial charge < -0.3 is 4.98 Å². The highest BCUT2D eigenvalue weighted by Crippen LogP contribution is 2.36. The third-order valence-electron chi connectivity index (χ3n) is 5.14. The summed E-state index contributed by atoms with van der Waals surface area (Å²) >= 11 is 0. The number of H-pyrrole nitrogens is 1. The zero-order valence-electron chi connectivity index (χ0n) is 14.0. The summed E-state index contributed by atoms with van der Waals surface area (Å²) < 4.78 is 1.61. The van der Waals surface area contributed by atoms with Crippen LogP contribution in [-0.4, -0.2) is 19.5 Å². The normalized spacial score (nSPS) is 14.6. The van der Waals surface area contributed by atoms with Crippen LogP contribution < -0.4 is 11.0 Å². The number of aromatic amines is 1. The number of pyridine rings is 2. The molecule has 3 aromatic heterocycles. The molecule has 3 heterocycles. The molecular formula is C20H16N4O2. The summed E-state index contributed by atoms with van der Waals surface area (Å²) in [6, 6.07) is 11.0. The van der Waals surface area contributed by atoms with Gasteiger partial charge in [0.25, 0.3) is 5.56 Å². The first-order valence-electron chi connectivity index (χ1n) is 8.72. The standard InChI is InChI=1S/C20H16N4O2/c25-17-14-9-10-21-11-15(14)22-18-16(17)20(26)24(13-7-2-1-3-8-13)19(23-18)12-5-4-6-12/h1-3,7-12H,4-6H2,(H,22,25). The Bertz CT molecular complexity index is 1250. The molecule has 0 saturated heterocycles. The monoisotopic (exact) mass is 344 g/mol. The van der Waals surface area contributed by atoms with Crippen molar-refractivity contribution in [2.75, 3.05) is 0 Å². The first-order valence-corrected chi connectivity index (χ1v) is 8.72. The molecule has 1 aliphatic carbocycles. The molecule has 1 aromatic carbocycles. The van der Waals surface area contributed by atoms with Gasteiger partial charge in [0.1, 0.15) is 16.9 Å². The Labute approximate surface area is 148 Å². The minimum atomic E-state index is -0.317. The fraction of sp³-hybridized carbons (Fsp3) is 0.200. The number of para-hydroxylation sites is 1. The number of nitrogens with zero attached hydrogens (tertiary/aromatic N) is 3. The van der Waals surface area contributed by atoms with E-state index in [1.165, 1.54) is 0 Å². The minimum absolute atomic E-state index is 0.0932. The molecule has 0 amide bonds. The molecule has 1 N–H and O–H groups in total. The van der Waals surface area contributed by atoms with Gasteiger partial charge in [0.15, 0.2) is 0 Å². The van der Waals surface area contributed by atoms with Crippen molar-refractivity contribution in [3.05, 3.63) is 75.2 Å². The summed E-state index contributed by atoms with van der Waals surface area (Å²) in [6.45, 7) is 0. The van der Waals surface area contributed by atoms with Crippen LogP contribution >= 0.6 is 0 Å². The Balaban J connectivity index is 1.94. The minimum Gasteiger partial charge on any atom is -0.338 e. The summed E-state index contributed by atoms with van der Waals surface area (Å²) in [5.41, 5.74) is 1.05. The maximum absolute atomic E-state index is 13.3. The smallest absolute Gasteiger partial charge is 0.271 e. The highest BCUT2D eigenvalue weighted by molar-refractivity contribution is 5.89. The van der Waals surface area contributed by atoms with Crippen molar-refractivity contribution in [2.45, 2.75) is 25.2 Å². The summed E-state index contributed by atoms with van der Waals surface area (Å²) in [4.78, 5) is 38.2. The fourth-order valence-corrected chi connectivity index (χ4v) is 3.55. The highest BCUT2D eigenvalue weighted by Gasteiger charge is 2.27. The van der Waals surface area contributed by atoms with Gasteiger partial charge in [-0.25, -0.2) is 4.98 Å². The Morgan fingerprint density at radius 1 is 1.08 bits per heavy atom. The second-order valence-corrected chi connectivity index (χ2v) is 6.67. The van der Waals surface area contributed by atoms with E-state index in [0.29, 0.717) is 16.6 Å². The molecule has 1 saturated carbocycles. The first-order chi connectivity index (χ1) is 12.7. The van der Waals surface area contributed by atoms with Gasteiger partial charge in [-0.2, -0.15) is 0 Å². The number of nitrogens with one attached hydrogen (secondary N) is 1. The summed E-state index contributed by atoms with van der Waals surface area (Å²) in [5.74, 6) is 0.958. The van der Waals surface area contributed by atoms with Gasteiger partial charge in [-0.15, -0.1) is 0 Å². The van der Waals surface area contributed by atoms with Crippen molar-refractivity contribution in [2.24, 2.45) is 0 Å². The van der Waals surface area contributed by atoms with Gasteiger partial charge in [-0.3, -0.25) is 19.1 Å². The van der Waals surface area contributed by atoms with Crippen LogP contribution in [0.1, 0.15) is 31.0 Å². The van der Waals surface area contributed by atoms with Gasteiger partial charge in [0.2, 0.25) is 5.43 Å². The number of fused-ring (bicyclic) bond motifs is 2. The Morgan fingerprint density at radius 2 is 1.88 bits per heavy atom. The van der Waals surface area contributed by atoms with Gasteiger partial charge in [0, 0.05) is 17.5 Å². The van der Waals surface area contributed by atoms with Crippen molar-refractivity contribution < 1.29 is 0 Å². The lowest BCUT2D eigenvalue weighted by atomic mass is 9.84. The average Bonchev–Trinajstić information content (AvgIpc) is 2.61. The highest BCUT2D eigenvalue weighted by atomic mass is 16.1. The molecule has 6 heteroatoms. The molecule has 26 heavy (non-hydrogen) atoms. The van der Waals surface area contributed by atoms with Crippen LogP contribution in [0.4, 0.5) is 0 Å². The van der Waals surface area contributed by atoms with Crippen molar-refractivity contribution in [3.63, 3.8) is 0 Å². The molecule has 0 radical (unpaired) electrons. The van der Waals surface area contributed by atoms with Crippen LogP contribution in [0.5, 0.6) is 0 Å². The lowest BCUT2D eigenvalue weighted by molar-refractivity contribution is 0.394. The lowest BCUT2D eigenvalue weighted by Gasteiger charge is -2.27. The summed E-state index contributed by atoms with van der Waals surface area (Å²) in [7, 11) is 0. The first kappa shape index (κ1) is 15.0. The molecule has 1 aliphatic rings. The van der Waals surface area contributed by atoms with Gasteiger partial charge in [0.05, 0.1) is 17.4 Å². The number of aromatic nitrogens is 4. The second-order valence-electron chi connectivity index (χ2n) is 6.67. The van der Waals surface area contributed by atoms with E-state index in [4.69, 9.17) is 4.98 Å². The molecule has 6 nitrogen and oxygen atoms in total. The van der Waals surface area contributed by atoms with E-state index in [2.05, 4.69) is 9.97 Å². The van der Waals surface area contributed by atoms with Crippen LogP contribution in [0, 0.1) is 0 Å². The van der Waals surface area contributed by atoms with E-state index in [9.17, 15) is 9.59 Å². The molecule has 5 rings (SSSR count). The molecular weight excluding hydrogens is 328 g/mol. The van der Waals surface area contributed by atoms with Gasteiger partial charge in [-0.05, 0) is 31.0 Å². The topological polar surface area (TPSA) is 80.6 Å². The van der Waals surface area contributed by atoms with Gasteiger partial charge in [-0.1, -0.05) is 24.6 Å². The maximum atomic E-state index is 13.3. The third-order valence-corrected chi connectivity index (χ3v) is 5.14. The molecule has 128 valence electrons. The molecule has 0 bridgehead atoms. The number of benzene rings is 1. The Morgan fingerprint density at radius 3 is 2.62 bits per heavy atom. The van der Waals surface area contributed by atoms with Crippen molar-refractivity contribution >= 4 is 21.9 Å². The predicted molar refractivity (Wildman–Crippen MR) is 99.9 cm³/mol. The largest absolute Gasteiger partial charge is 0.338 e. The zero-order chi connectivity index (χ0) is 17.7. The van der Waals surface area contributed by atoms with Crippen LogP contribution in [0.25, 0.3) is 27.6 Å². The third kappa shape index (κ3) is 2.12. The van der Waals surface area contributed by atoms with Crippen LogP contribution in [0.2, 0.25) is 0 Å². The Hall–Kier alpha value is -3.28. The maximum Gasteiger partial charge on any atom is 0.271 e. The van der Waals surface area contributed by atoms with E-state index in [1.807, 2.05) is 30.3 Å². The number of hydrogen-bond donors (Lipinski definition) is 1. The average molecular weight is 344 g/mol. The van der Waals surface area contributed by atoms with Gasteiger partial charge >= 0.3 is 0 Å². The molecule has 0 spiro atoms. The zero-order valence-corrected chi connectivity index (χ0v) is 14.0. The predicted octanol–water partition coefficient (Wildman–Crippen LogP) is 2.89. The molecule has 4 aromatic rings. The van der Waals surface area contributed by atoms with Crippen LogP contribution in [-0.2, 0) is 0 Å². The molecule has 0 aliphatic heterocycles. The lowest BCUT2D eigenvalue weighted by Crippen LogP contribution is -2.31. The Kier molecular flexibility index (Phi) is 3.25. The molecule has 1 fully saturated rings. The van der Waals surface area contributed by atoms with E-state index in [0.717, 1.165) is 30.8 Å². The van der Waals surface area contributed by atoms with Crippen molar-refractivity contribution in [3.8, 4) is 5.69 Å². The second kappa shape index (κ2) is 5.62. The van der Waals surface area contributed by atoms with E-state index in [-0.39, 0.29) is 22.3 Å². The van der Waals surface area contributed by atoms with Crippen LogP contribution in [0.15, 0.2) is 58.4 Å². The van der Waals surface area contributed by atoms with E-state index >= 15 is 0 Å². The number of hydrogen-bond acceptors (Lipinski definition) is 4. The summed E-state index contributed by atoms with van der Waals surface area (Å²) in [6.07, 6.45) is 6.28.